The average molecular weight is 1090 g/mol. The van der Waals surface area contributed by atoms with E-state index in [1.165, 1.54) is 22.3 Å². The molecule has 1 radical (unpaired) electrons. The van der Waals surface area contributed by atoms with Crippen LogP contribution in [0, 0.1) is 19.1 Å². The SMILES string of the molecule is Cc1cnc2c(c1)nc(-c1[c-]ccc3c1oc1ccccc13)n2-c1c(C(C)C)cc(-c2ccccc2)cc1C(C)C.[2H]C([2H])(c1ccccc1)c1cc(-c2[c-]cccc2)nc[c]1[Ge]([CH3])([CH3])[CH3].[Ir]. The van der Waals surface area contributed by atoms with Gasteiger partial charge >= 0.3 is 144 Å². The summed E-state index contributed by atoms with van der Waals surface area (Å²) >= 11 is -2.30. The van der Waals surface area contributed by atoms with Crippen molar-refractivity contribution in [2.24, 2.45) is 0 Å². The minimum Gasteiger partial charge on any atom is 0 e. The fourth-order valence-corrected chi connectivity index (χ4v) is 11.4. The van der Waals surface area contributed by atoms with E-state index in [-0.39, 0.29) is 31.9 Å². The fraction of sp³-hybridized carbons (Fsp3) is 0.190. The molecule has 6 aromatic carbocycles. The number of aryl methyl sites for hydroxylation is 1. The standard InChI is InChI=1S/C37H32N3O.C21H22GeN.Ir/c1-22(2)30-19-26(25-12-7-6-8-13-25)20-31(23(3)4)34(30)40-36(39-32-18-24(5)21-38-37(32)40)29-16-11-15-28-27-14-9-10-17-33(27)41-35(28)29;1-22(2,3)20-16-23-21(18-12-8-5-9-13-18)15-19(20)14-17-10-6-4-7-11-17;/h6-15,17-23H,1-5H3;4-12,15-16H,14H2,1-3H3;/q2*-1;/i;14D2;. The van der Waals surface area contributed by atoms with E-state index < -0.39 is 19.6 Å². The van der Waals surface area contributed by atoms with Crippen LogP contribution in [0.2, 0.25) is 17.3 Å². The zero-order valence-corrected chi connectivity index (χ0v) is 42.7. The van der Waals surface area contributed by atoms with Crippen molar-refractivity contribution < 1.29 is 27.3 Å². The largest absolute Gasteiger partial charge is 0 e. The molecule has 0 fully saturated rings. The zero-order valence-electron chi connectivity index (χ0n) is 40.2. The zero-order chi connectivity index (χ0) is 46.3. The van der Waals surface area contributed by atoms with Crippen molar-refractivity contribution in [1.29, 1.82) is 0 Å². The molecule has 327 valence electrons. The number of imidazole rings is 1. The molecule has 5 nitrogen and oxygen atoms in total. The second kappa shape index (κ2) is 19.3. The Labute approximate surface area is 402 Å². The quantitative estimate of drug-likeness (QED) is 0.107. The average Bonchev–Trinajstić information content (AvgIpc) is 3.90. The molecule has 0 aliphatic carbocycles. The van der Waals surface area contributed by atoms with Crippen molar-refractivity contribution in [3.63, 3.8) is 0 Å². The third-order valence-electron chi connectivity index (χ3n) is 11.7. The predicted octanol–water partition coefficient (Wildman–Crippen LogP) is 14.7. The van der Waals surface area contributed by atoms with Gasteiger partial charge in [-0.1, -0.05) is 87.2 Å². The van der Waals surface area contributed by atoms with Gasteiger partial charge in [0.2, 0.25) is 0 Å². The van der Waals surface area contributed by atoms with Crippen molar-refractivity contribution in [3.8, 4) is 39.5 Å². The van der Waals surface area contributed by atoms with Gasteiger partial charge in [-0.05, 0) is 70.8 Å². The van der Waals surface area contributed by atoms with E-state index in [1.54, 1.807) is 0 Å². The Morgan fingerprint density at radius 1 is 0.692 bits per heavy atom. The number of fused-ring (bicyclic) bond motifs is 4. The van der Waals surface area contributed by atoms with Crippen LogP contribution in [0.5, 0.6) is 0 Å². The van der Waals surface area contributed by atoms with Crippen LogP contribution >= 0.6 is 0 Å². The van der Waals surface area contributed by atoms with Crippen LogP contribution in [0.3, 0.4) is 0 Å². The van der Waals surface area contributed by atoms with Gasteiger partial charge in [0.1, 0.15) is 5.58 Å². The van der Waals surface area contributed by atoms with Gasteiger partial charge in [0.15, 0.2) is 5.65 Å². The number of hydrogen-bond donors (Lipinski definition) is 0. The van der Waals surface area contributed by atoms with Crippen molar-refractivity contribution in [2.45, 2.75) is 70.1 Å². The van der Waals surface area contributed by atoms with Crippen molar-refractivity contribution in [2.75, 3.05) is 0 Å². The molecule has 0 saturated heterocycles. The van der Waals surface area contributed by atoms with Gasteiger partial charge in [-0.3, -0.25) is 4.98 Å². The van der Waals surface area contributed by atoms with Gasteiger partial charge in [0.25, 0.3) is 0 Å². The Bertz CT molecular complexity index is 3310. The first kappa shape index (κ1) is 43.0. The first-order chi connectivity index (χ1) is 31.7. The molecule has 0 N–H and O–H groups in total. The summed E-state index contributed by atoms with van der Waals surface area (Å²) in [4.78, 5) is 14.8. The molecule has 0 aliphatic rings. The molecule has 4 heterocycles. The fourth-order valence-electron chi connectivity index (χ4n) is 8.45. The van der Waals surface area contributed by atoms with E-state index in [4.69, 9.17) is 17.1 Å². The molecule has 10 rings (SSSR count). The van der Waals surface area contributed by atoms with Crippen molar-refractivity contribution >= 4 is 50.8 Å². The summed E-state index contributed by atoms with van der Waals surface area (Å²) in [6.07, 6.45) is 2.27. The third-order valence-corrected chi connectivity index (χ3v) is 15.9. The monoisotopic (exact) mass is 1090 g/mol. The maximum absolute atomic E-state index is 8.85. The van der Waals surface area contributed by atoms with Crippen LogP contribution in [-0.2, 0) is 26.5 Å². The molecule has 0 bridgehead atoms. The summed E-state index contributed by atoms with van der Waals surface area (Å²) < 4.78 is 27.5. The van der Waals surface area contributed by atoms with Gasteiger partial charge in [-0.2, -0.15) is 0 Å². The van der Waals surface area contributed by atoms with E-state index in [1.807, 2.05) is 97.3 Å². The molecule has 10 aromatic rings. The molecule has 4 aromatic heterocycles. The summed E-state index contributed by atoms with van der Waals surface area (Å²) in [5.41, 5.74) is 14.4. The Balaban J connectivity index is 0.000000201. The molecule has 7 heteroatoms. The van der Waals surface area contributed by atoms with Gasteiger partial charge in [0.05, 0.1) is 16.9 Å². The second-order valence-corrected chi connectivity index (χ2v) is 28.7. The number of nitrogens with zero attached hydrogens (tertiary/aromatic N) is 4. The Hall–Kier alpha value is -5.92. The maximum Gasteiger partial charge on any atom is 0 e. The summed E-state index contributed by atoms with van der Waals surface area (Å²) in [5, 5.41) is 2.15. The van der Waals surface area contributed by atoms with E-state index in [9.17, 15) is 0 Å². The Kier molecular flexibility index (Phi) is 12.8. The van der Waals surface area contributed by atoms with Crippen molar-refractivity contribution in [1.82, 2.24) is 19.5 Å². The molecule has 0 spiro atoms. The van der Waals surface area contributed by atoms with Crippen LogP contribution < -0.4 is 4.40 Å². The normalized spacial score (nSPS) is 12.3. The minimum atomic E-state index is -2.30. The number of pyridine rings is 2. The van der Waals surface area contributed by atoms with Gasteiger partial charge in [0, 0.05) is 37.4 Å². The van der Waals surface area contributed by atoms with Gasteiger partial charge in [-0.25, -0.2) is 4.98 Å². The van der Waals surface area contributed by atoms with Crippen LogP contribution in [-0.4, -0.2) is 32.8 Å². The van der Waals surface area contributed by atoms with Gasteiger partial charge in [-0.15, -0.1) is 18.2 Å². The first-order valence-electron chi connectivity index (χ1n) is 23.2. The molecule has 0 aliphatic heterocycles. The maximum atomic E-state index is 8.85. The predicted molar refractivity (Wildman–Crippen MR) is 270 cm³/mol. The smallest absolute Gasteiger partial charge is 0 e. The van der Waals surface area contributed by atoms with E-state index in [2.05, 4.69) is 134 Å². The topological polar surface area (TPSA) is 56.7 Å². The number of furan rings is 1. The molecular weight excluding hydrogens is 1030 g/mol. The Morgan fingerprint density at radius 3 is 2.05 bits per heavy atom. The number of rotatable bonds is 9. The summed E-state index contributed by atoms with van der Waals surface area (Å²) in [6.45, 7) is 11.1. The van der Waals surface area contributed by atoms with E-state index in [0.29, 0.717) is 5.56 Å². The summed E-state index contributed by atoms with van der Waals surface area (Å²) in [7, 11) is 0. The number of benzene rings is 6. The van der Waals surface area contributed by atoms with Crippen molar-refractivity contribution in [3.05, 3.63) is 198 Å². The summed E-state index contributed by atoms with van der Waals surface area (Å²) in [6, 6.07) is 55.4. The molecular formula is C58H54GeIrN4O-2. The second-order valence-electron chi connectivity index (χ2n) is 18.1. The van der Waals surface area contributed by atoms with Gasteiger partial charge < -0.3 is 8.98 Å². The molecule has 65 heavy (non-hydrogen) atoms. The van der Waals surface area contributed by atoms with Crippen LogP contribution in [0.15, 0.2) is 162 Å². The Morgan fingerprint density at radius 2 is 1.37 bits per heavy atom. The van der Waals surface area contributed by atoms with E-state index in [0.717, 1.165) is 77.0 Å². The molecule has 0 amide bonds. The molecule has 0 atom stereocenters. The van der Waals surface area contributed by atoms with E-state index >= 15 is 0 Å². The number of aromatic nitrogens is 4. The third kappa shape index (κ3) is 9.44. The minimum absolute atomic E-state index is 0. The van der Waals surface area contributed by atoms with Crippen LogP contribution in [0.25, 0.3) is 72.6 Å². The molecule has 0 unspecified atom stereocenters. The summed E-state index contributed by atoms with van der Waals surface area (Å²) in [5.74, 6) is 8.15. The number of hydrogen-bond acceptors (Lipinski definition) is 4. The van der Waals surface area contributed by atoms with Crippen LogP contribution in [0.1, 0.15) is 70.1 Å². The molecule has 0 saturated carbocycles. The first-order valence-corrected chi connectivity index (χ1v) is 29.5. The van der Waals surface area contributed by atoms with Crippen LogP contribution in [0.4, 0.5) is 0 Å². The number of para-hydroxylation sites is 1.